The number of thiazole rings is 1. The van der Waals surface area contributed by atoms with Crippen LogP contribution in [-0.4, -0.2) is 11.5 Å². The molecule has 1 aromatic heterocycles. The number of nitrogens with one attached hydrogen (secondary N) is 1. The number of halogens is 1. The van der Waals surface area contributed by atoms with Gasteiger partial charge < -0.3 is 5.32 Å². The molecule has 2 heterocycles. The van der Waals surface area contributed by atoms with Gasteiger partial charge in [0.2, 0.25) is 0 Å². The first-order valence-corrected chi connectivity index (χ1v) is 6.35. The Balaban J connectivity index is 2.04. The molecule has 0 aliphatic carbocycles. The van der Waals surface area contributed by atoms with Crippen molar-refractivity contribution in [3.05, 3.63) is 29.0 Å². The van der Waals surface area contributed by atoms with Crippen LogP contribution in [0, 0.1) is 11.7 Å². The summed E-state index contributed by atoms with van der Waals surface area (Å²) < 4.78 is 14.0. The molecule has 0 spiro atoms. The SMILES string of the molecule is CC1CCNC1c1nc2ccc(F)cc2s1. The molecule has 3 rings (SSSR count). The topological polar surface area (TPSA) is 24.9 Å². The van der Waals surface area contributed by atoms with Gasteiger partial charge in [-0.3, -0.25) is 0 Å². The number of benzene rings is 1. The summed E-state index contributed by atoms with van der Waals surface area (Å²) in [4.78, 5) is 4.58. The van der Waals surface area contributed by atoms with Crippen LogP contribution in [-0.2, 0) is 0 Å². The number of nitrogens with zero attached hydrogens (tertiary/aromatic N) is 1. The number of hydrogen-bond acceptors (Lipinski definition) is 3. The van der Waals surface area contributed by atoms with E-state index in [0.29, 0.717) is 12.0 Å². The van der Waals surface area contributed by atoms with E-state index in [-0.39, 0.29) is 5.82 Å². The average molecular weight is 236 g/mol. The molecule has 1 aromatic carbocycles. The van der Waals surface area contributed by atoms with Crippen LogP contribution in [0.4, 0.5) is 4.39 Å². The van der Waals surface area contributed by atoms with Crippen molar-refractivity contribution in [1.82, 2.24) is 10.3 Å². The van der Waals surface area contributed by atoms with Crippen LogP contribution in [0.2, 0.25) is 0 Å². The summed E-state index contributed by atoms with van der Waals surface area (Å²) in [5.41, 5.74) is 0.905. The Kier molecular flexibility index (Phi) is 2.41. The van der Waals surface area contributed by atoms with Crippen LogP contribution in [0.25, 0.3) is 10.2 Å². The minimum Gasteiger partial charge on any atom is -0.308 e. The highest BCUT2D eigenvalue weighted by molar-refractivity contribution is 7.18. The molecule has 1 aliphatic rings. The predicted octanol–water partition coefficient (Wildman–Crippen LogP) is 3.11. The van der Waals surface area contributed by atoms with Crippen molar-refractivity contribution in [1.29, 1.82) is 0 Å². The molecule has 2 atom stereocenters. The van der Waals surface area contributed by atoms with Crippen molar-refractivity contribution < 1.29 is 4.39 Å². The van der Waals surface area contributed by atoms with E-state index >= 15 is 0 Å². The van der Waals surface area contributed by atoms with Crippen LogP contribution in [0.15, 0.2) is 18.2 Å². The molecule has 1 fully saturated rings. The maximum atomic E-state index is 13.1. The predicted molar refractivity (Wildman–Crippen MR) is 64.1 cm³/mol. The van der Waals surface area contributed by atoms with Gasteiger partial charge in [-0.05, 0) is 37.1 Å². The van der Waals surface area contributed by atoms with E-state index in [1.807, 2.05) is 0 Å². The smallest absolute Gasteiger partial charge is 0.124 e. The summed E-state index contributed by atoms with van der Waals surface area (Å²) in [7, 11) is 0. The molecule has 4 heteroatoms. The quantitative estimate of drug-likeness (QED) is 0.823. The van der Waals surface area contributed by atoms with Crippen LogP contribution >= 0.6 is 11.3 Å². The molecule has 1 saturated heterocycles. The lowest BCUT2D eigenvalue weighted by atomic mass is 10.0. The Morgan fingerprint density at radius 3 is 3.12 bits per heavy atom. The van der Waals surface area contributed by atoms with Gasteiger partial charge in [-0.2, -0.15) is 0 Å². The van der Waals surface area contributed by atoms with Gasteiger partial charge in [-0.25, -0.2) is 9.37 Å². The normalized spacial score (nSPS) is 25.4. The fraction of sp³-hybridized carbons (Fsp3) is 0.417. The zero-order valence-corrected chi connectivity index (χ0v) is 9.85. The minimum atomic E-state index is -0.185. The molecular formula is C12H13FN2S. The lowest BCUT2D eigenvalue weighted by Gasteiger charge is -2.11. The van der Waals surface area contributed by atoms with E-state index in [9.17, 15) is 4.39 Å². The fourth-order valence-electron chi connectivity index (χ4n) is 2.21. The zero-order valence-electron chi connectivity index (χ0n) is 9.03. The second kappa shape index (κ2) is 3.79. The summed E-state index contributed by atoms with van der Waals surface area (Å²) in [5, 5.41) is 4.54. The van der Waals surface area contributed by atoms with Gasteiger partial charge in [-0.15, -0.1) is 11.3 Å². The van der Waals surface area contributed by atoms with Crippen molar-refractivity contribution >= 4 is 21.6 Å². The molecule has 0 amide bonds. The molecule has 0 bridgehead atoms. The third kappa shape index (κ3) is 1.62. The van der Waals surface area contributed by atoms with E-state index in [1.165, 1.54) is 12.5 Å². The van der Waals surface area contributed by atoms with Gasteiger partial charge in [0, 0.05) is 0 Å². The molecule has 16 heavy (non-hydrogen) atoms. The van der Waals surface area contributed by atoms with Crippen LogP contribution in [0.5, 0.6) is 0 Å². The van der Waals surface area contributed by atoms with Crippen molar-refractivity contribution in [2.45, 2.75) is 19.4 Å². The molecule has 1 N–H and O–H groups in total. The monoisotopic (exact) mass is 236 g/mol. The summed E-state index contributed by atoms with van der Waals surface area (Å²) >= 11 is 1.60. The third-order valence-corrected chi connectivity index (χ3v) is 4.27. The van der Waals surface area contributed by atoms with E-state index in [4.69, 9.17) is 0 Å². The number of aromatic nitrogens is 1. The van der Waals surface area contributed by atoms with E-state index in [0.717, 1.165) is 21.8 Å². The molecular weight excluding hydrogens is 223 g/mol. The molecule has 1 aliphatic heterocycles. The largest absolute Gasteiger partial charge is 0.308 e. The van der Waals surface area contributed by atoms with Crippen LogP contribution in [0.3, 0.4) is 0 Å². The minimum absolute atomic E-state index is 0.185. The molecule has 0 radical (unpaired) electrons. The highest BCUT2D eigenvalue weighted by atomic mass is 32.1. The summed E-state index contributed by atoms with van der Waals surface area (Å²) in [6.07, 6.45) is 1.19. The third-order valence-electron chi connectivity index (χ3n) is 3.17. The Bertz CT molecular complexity index is 523. The second-order valence-corrected chi connectivity index (χ2v) is 5.42. The number of rotatable bonds is 1. The van der Waals surface area contributed by atoms with Gasteiger partial charge >= 0.3 is 0 Å². The number of fused-ring (bicyclic) bond motifs is 1. The van der Waals surface area contributed by atoms with Gasteiger partial charge in [-0.1, -0.05) is 6.92 Å². The summed E-state index contributed by atoms with van der Waals surface area (Å²) in [6.45, 7) is 3.29. The zero-order chi connectivity index (χ0) is 11.1. The number of hydrogen-bond donors (Lipinski definition) is 1. The molecule has 2 aromatic rings. The molecule has 84 valence electrons. The lowest BCUT2D eigenvalue weighted by molar-refractivity contribution is 0.502. The lowest BCUT2D eigenvalue weighted by Crippen LogP contribution is -2.15. The van der Waals surface area contributed by atoms with Gasteiger partial charge in [0.05, 0.1) is 16.3 Å². The Labute approximate surface area is 97.5 Å². The van der Waals surface area contributed by atoms with Crippen LogP contribution in [0.1, 0.15) is 24.4 Å². The highest BCUT2D eigenvalue weighted by Gasteiger charge is 2.26. The van der Waals surface area contributed by atoms with Crippen LogP contribution < -0.4 is 5.32 Å². The standard InChI is InChI=1S/C12H13FN2S/c1-7-4-5-14-11(7)12-15-9-3-2-8(13)6-10(9)16-12/h2-3,6-7,11,14H,4-5H2,1H3. The maximum Gasteiger partial charge on any atom is 0.124 e. The van der Waals surface area contributed by atoms with Gasteiger partial charge in [0.1, 0.15) is 10.8 Å². The second-order valence-electron chi connectivity index (χ2n) is 4.36. The molecule has 2 unspecified atom stereocenters. The first-order chi connectivity index (χ1) is 7.74. The maximum absolute atomic E-state index is 13.1. The van der Waals surface area contributed by atoms with Crippen molar-refractivity contribution in [3.63, 3.8) is 0 Å². The fourth-order valence-corrected chi connectivity index (χ4v) is 3.42. The van der Waals surface area contributed by atoms with E-state index in [2.05, 4.69) is 17.2 Å². The summed E-state index contributed by atoms with van der Waals surface area (Å²) in [6, 6.07) is 5.14. The van der Waals surface area contributed by atoms with E-state index in [1.54, 1.807) is 23.5 Å². The Hall–Kier alpha value is -1.000. The van der Waals surface area contributed by atoms with Crippen molar-refractivity contribution in [2.75, 3.05) is 6.54 Å². The first kappa shape index (κ1) is 10.2. The average Bonchev–Trinajstić information content (AvgIpc) is 2.82. The summed E-state index contributed by atoms with van der Waals surface area (Å²) in [5.74, 6) is 0.431. The molecule has 2 nitrogen and oxygen atoms in total. The Morgan fingerprint density at radius 1 is 1.50 bits per heavy atom. The highest BCUT2D eigenvalue weighted by Crippen LogP contribution is 2.34. The van der Waals surface area contributed by atoms with E-state index < -0.39 is 0 Å². The molecule has 0 saturated carbocycles. The van der Waals surface area contributed by atoms with Crippen molar-refractivity contribution in [3.8, 4) is 0 Å². The van der Waals surface area contributed by atoms with Gasteiger partial charge in [0.15, 0.2) is 0 Å². The Morgan fingerprint density at radius 2 is 2.38 bits per heavy atom. The first-order valence-electron chi connectivity index (χ1n) is 5.53. The van der Waals surface area contributed by atoms with Crippen molar-refractivity contribution in [2.24, 2.45) is 5.92 Å². The van der Waals surface area contributed by atoms with Gasteiger partial charge in [0.25, 0.3) is 0 Å².